The second kappa shape index (κ2) is 5.73. The van der Waals surface area contributed by atoms with Crippen LogP contribution in [0.1, 0.15) is 5.56 Å². The van der Waals surface area contributed by atoms with Crippen LogP contribution in [-0.4, -0.2) is 44.1 Å². The van der Waals surface area contributed by atoms with Gasteiger partial charge in [-0.15, -0.1) is 6.58 Å². The van der Waals surface area contributed by atoms with E-state index in [0.29, 0.717) is 0 Å². The number of fused-ring (bicyclic) bond motifs is 1. The molecule has 104 valence electrons. The fourth-order valence-electron chi connectivity index (χ4n) is 2.16. The Labute approximate surface area is 113 Å². The average Bonchev–Trinajstić information content (AvgIpc) is 2.85. The summed E-state index contributed by atoms with van der Waals surface area (Å²) in [6.07, 6.45) is 2.35. The minimum absolute atomic E-state index is 0.0731. The van der Waals surface area contributed by atoms with E-state index in [1.807, 2.05) is 0 Å². The summed E-state index contributed by atoms with van der Waals surface area (Å²) in [5, 5.41) is 12.2. The summed E-state index contributed by atoms with van der Waals surface area (Å²) in [6.45, 7) is 4.45. The molecule has 2 rings (SSSR count). The number of hydrogen-bond acceptors (Lipinski definition) is 4. The van der Waals surface area contributed by atoms with E-state index in [-0.39, 0.29) is 24.6 Å². The Hall–Kier alpha value is -1.37. The number of anilines is 1. The van der Waals surface area contributed by atoms with Crippen molar-refractivity contribution in [2.75, 3.05) is 31.6 Å². The van der Waals surface area contributed by atoms with Crippen LogP contribution >= 0.6 is 0 Å². The van der Waals surface area contributed by atoms with Gasteiger partial charge in [0.25, 0.3) is 0 Å². The molecule has 0 radical (unpaired) electrons. The number of benzene rings is 1. The lowest BCUT2D eigenvalue weighted by Gasteiger charge is -2.20. The number of hydrogen-bond donors (Lipinski definition) is 2. The van der Waals surface area contributed by atoms with Gasteiger partial charge in [-0.1, -0.05) is 6.08 Å². The molecular formula is C13H18N2O3S. The van der Waals surface area contributed by atoms with E-state index in [2.05, 4.69) is 11.9 Å². The first-order valence-electron chi connectivity index (χ1n) is 6.18. The van der Waals surface area contributed by atoms with Gasteiger partial charge in [0.15, 0.2) is 0 Å². The third-order valence-corrected chi connectivity index (χ3v) is 4.97. The van der Waals surface area contributed by atoms with Crippen molar-refractivity contribution >= 4 is 15.7 Å². The lowest BCUT2D eigenvalue weighted by atomic mass is 10.2. The predicted molar refractivity (Wildman–Crippen MR) is 74.7 cm³/mol. The van der Waals surface area contributed by atoms with Gasteiger partial charge in [0.05, 0.1) is 11.5 Å². The van der Waals surface area contributed by atoms with Crippen LogP contribution < -0.4 is 5.32 Å². The van der Waals surface area contributed by atoms with Gasteiger partial charge >= 0.3 is 0 Å². The monoisotopic (exact) mass is 282 g/mol. The molecule has 0 saturated heterocycles. The van der Waals surface area contributed by atoms with E-state index >= 15 is 0 Å². The molecule has 1 aliphatic heterocycles. The van der Waals surface area contributed by atoms with Crippen LogP contribution in [-0.2, 0) is 16.4 Å². The summed E-state index contributed by atoms with van der Waals surface area (Å²) in [4.78, 5) is 0.269. The molecule has 0 aromatic heterocycles. The Kier molecular flexibility index (Phi) is 4.24. The number of nitrogens with zero attached hydrogens (tertiary/aromatic N) is 1. The fourth-order valence-corrected chi connectivity index (χ4v) is 3.61. The SMILES string of the molecule is C=CCN(CCO)S(=O)(=O)c1ccc2c(c1)CCN2. The zero-order chi connectivity index (χ0) is 13.9. The largest absolute Gasteiger partial charge is 0.395 e. The first-order chi connectivity index (χ1) is 9.09. The molecule has 0 amide bonds. The second-order valence-corrected chi connectivity index (χ2v) is 6.31. The molecule has 0 aliphatic carbocycles. The van der Waals surface area contributed by atoms with Gasteiger partial charge in [-0.3, -0.25) is 0 Å². The zero-order valence-corrected chi connectivity index (χ0v) is 11.5. The van der Waals surface area contributed by atoms with Crippen molar-refractivity contribution in [3.05, 3.63) is 36.4 Å². The van der Waals surface area contributed by atoms with Crippen LogP contribution in [0.5, 0.6) is 0 Å². The summed E-state index contributed by atoms with van der Waals surface area (Å²) in [6, 6.07) is 5.10. The molecule has 0 bridgehead atoms. The highest BCUT2D eigenvalue weighted by Gasteiger charge is 2.24. The second-order valence-electron chi connectivity index (χ2n) is 4.37. The summed E-state index contributed by atoms with van der Waals surface area (Å²) in [7, 11) is -3.57. The Balaban J connectivity index is 2.34. The lowest BCUT2D eigenvalue weighted by Crippen LogP contribution is -2.33. The third kappa shape index (κ3) is 2.80. The van der Waals surface area contributed by atoms with Crippen molar-refractivity contribution in [3.63, 3.8) is 0 Å². The van der Waals surface area contributed by atoms with E-state index in [0.717, 1.165) is 24.2 Å². The first kappa shape index (κ1) is 14.0. The van der Waals surface area contributed by atoms with Crippen LogP contribution in [0, 0.1) is 0 Å². The predicted octanol–water partition coefficient (Wildman–Crippen LogP) is 0.824. The van der Waals surface area contributed by atoms with Gasteiger partial charge in [0.2, 0.25) is 10.0 Å². The summed E-state index contributed by atoms with van der Waals surface area (Å²) in [5.41, 5.74) is 2.01. The molecular weight excluding hydrogens is 264 g/mol. The molecule has 1 aliphatic rings. The van der Waals surface area contributed by atoms with Crippen molar-refractivity contribution in [2.45, 2.75) is 11.3 Å². The standard InChI is InChI=1S/C13H18N2O3S/c1-2-7-15(8-9-16)19(17,18)12-3-4-13-11(10-12)5-6-14-13/h2-4,10,14,16H,1,5-9H2. The molecule has 0 unspecified atom stereocenters. The van der Waals surface area contributed by atoms with Crippen molar-refractivity contribution in [1.29, 1.82) is 0 Å². The molecule has 1 aromatic rings. The molecule has 1 aromatic carbocycles. The number of aliphatic hydroxyl groups excluding tert-OH is 1. The molecule has 0 atom stereocenters. The molecule has 5 nitrogen and oxygen atoms in total. The number of sulfonamides is 1. The molecule has 6 heteroatoms. The van der Waals surface area contributed by atoms with Crippen LogP contribution in [0.3, 0.4) is 0 Å². The average molecular weight is 282 g/mol. The van der Waals surface area contributed by atoms with Gasteiger partial charge in [0, 0.05) is 25.3 Å². The van der Waals surface area contributed by atoms with Gasteiger partial charge in [-0.05, 0) is 30.2 Å². The molecule has 1 heterocycles. The highest BCUT2D eigenvalue weighted by Crippen LogP contribution is 2.26. The minimum atomic E-state index is -3.57. The van der Waals surface area contributed by atoms with Crippen molar-refractivity contribution in [2.24, 2.45) is 0 Å². The van der Waals surface area contributed by atoms with Crippen molar-refractivity contribution in [1.82, 2.24) is 4.31 Å². The van der Waals surface area contributed by atoms with E-state index in [9.17, 15) is 8.42 Å². The smallest absolute Gasteiger partial charge is 0.243 e. The van der Waals surface area contributed by atoms with Crippen LogP contribution in [0.15, 0.2) is 35.7 Å². The van der Waals surface area contributed by atoms with Crippen LogP contribution in [0.2, 0.25) is 0 Å². The quantitative estimate of drug-likeness (QED) is 0.758. The van der Waals surface area contributed by atoms with E-state index in [4.69, 9.17) is 5.11 Å². The molecule has 2 N–H and O–H groups in total. The summed E-state index contributed by atoms with van der Waals surface area (Å²) < 4.78 is 26.1. The van der Waals surface area contributed by atoms with Crippen LogP contribution in [0.25, 0.3) is 0 Å². The minimum Gasteiger partial charge on any atom is -0.395 e. The van der Waals surface area contributed by atoms with E-state index in [1.54, 1.807) is 18.2 Å². The van der Waals surface area contributed by atoms with Gasteiger partial charge < -0.3 is 10.4 Å². The first-order valence-corrected chi connectivity index (χ1v) is 7.62. The zero-order valence-electron chi connectivity index (χ0n) is 10.7. The molecule has 19 heavy (non-hydrogen) atoms. The third-order valence-electron chi connectivity index (χ3n) is 3.11. The number of rotatable bonds is 6. The fraction of sp³-hybridized carbons (Fsp3) is 0.385. The molecule has 0 saturated carbocycles. The Bertz CT molecular complexity index is 569. The maximum absolute atomic E-state index is 12.5. The van der Waals surface area contributed by atoms with Crippen molar-refractivity contribution < 1.29 is 13.5 Å². The van der Waals surface area contributed by atoms with Crippen LogP contribution in [0.4, 0.5) is 5.69 Å². The topological polar surface area (TPSA) is 69.6 Å². The maximum atomic E-state index is 12.5. The summed E-state index contributed by atoms with van der Waals surface area (Å²) in [5.74, 6) is 0. The van der Waals surface area contributed by atoms with E-state index < -0.39 is 10.0 Å². The van der Waals surface area contributed by atoms with Gasteiger partial charge in [0.1, 0.15) is 0 Å². The van der Waals surface area contributed by atoms with E-state index in [1.165, 1.54) is 10.4 Å². The Morgan fingerprint density at radius 1 is 1.47 bits per heavy atom. The van der Waals surface area contributed by atoms with Gasteiger partial charge in [-0.25, -0.2) is 8.42 Å². The Morgan fingerprint density at radius 2 is 2.26 bits per heavy atom. The number of nitrogens with one attached hydrogen (secondary N) is 1. The highest BCUT2D eigenvalue weighted by atomic mass is 32.2. The molecule has 0 fully saturated rings. The lowest BCUT2D eigenvalue weighted by molar-refractivity contribution is 0.260. The summed E-state index contributed by atoms with van der Waals surface area (Å²) >= 11 is 0. The van der Waals surface area contributed by atoms with Crippen molar-refractivity contribution in [3.8, 4) is 0 Å². The number of aliphatic hydroxyl groups is 1. The maximum Gasteiger partial charge on any atom is 0.243 e. The van der Waals surface area contributed by atoms with Gasteiger partial charge in [-0.2, -0.15) is 4.31 Å². The Morgan fingerprint density at radius 3 is 2.95 bits per heavy atom. The normalized spacial score (nSPS) is 14.2. The highest BCUT2D eigenvalue weighted by molar-refractivity contribution is 7.89. The molecule has 0 spiro atoms.